The monoisotopic (exact) mass is 179 g/mol. The standard InChI is InChI=1S/C11H19Si/c1-8-9(2)11(3,4)7-10(8)12(5)6/h7H,1-6H3. The van der Waals surface area contributed by atoms with Gasteiger partial charge < -0.3 is 0 Å². The van der Waals surface area contributed by atoms with Crippen molar-refractivity contribution in [3.63, 3.8) is 0 Å². The van der Waals surface area contributed by atoms with Crippen molar-refractivity contribution in [3.8, 4) is 0 Å². The summed E-state index contributed by atoms with van der Waals surface area (Å²) in [7, 11) is -0.261. The second-order valence-electron chi connectivity index (χ2n) is 4.53. The molecule has 1 rings (SSSR count). The van der Waals surface area contributed by atoms with E-state index in [2.05, 4.69) is 46.9 Å². The third kappa shape index (κ3) is 1.42. The third-order valence-electron chi connectivity index (χ3n) is 2.98. The van der Waals surface area contributed by atoms with E-state index in [0.717, 1.165) is 0 Å². The molecule has 0 nitrogen and oxygen atoms in total. The molecule has 0 N–H and O–H groups in total. The molecule has 0 saturated carbocycles. The van der Waals surface area contributed by atoms with Crippen molar-refractivity contribution in [2.75, 3.05) is 0 Å². The van der Waals surface area contributed by atoms with Crippen molar-refractivity contribution >= 4 is 8.80 Å². The maximum atomic E-state index is 2.46. The minimum atomic E-state index is -0.261. The van der Waals surface area contributed by atoms with Gasteiger partial charge in [0.05, 0.1) is 8.80 Å². The molecule has 1 aliphatic rings. The highest BCUT2D eigenvalue weighted by atomic mass is 28.3. The number of hydrogen-bond acceptors (Lipinski definition) is 0. The van der Waals surface area contributed by atoms with Crippen molar-refractivity contribution in [3.05, 3.63) is 22.4 Å². The Morgan fingerprint density at radius 3 is 1.83 bits per heavy atom. The predicted octanol–water partition coefficient (Wildman–Crippen LogP) is 3.58. The van der Waals surface area contributed by atoms with E-state index in [1.807, 2.05) is 0 Å². The van der Waals surface area contributed by atoms with Crippen molar-refractivity contribution < 1.29 is 0 Å². The smallest absolute Gasteiger partial charge is 0.0756 e. The highest BCUT2D eigenvalue weighted by Gasteiger charge is 2.28. The van der Waals surface area contributed by atoms with Crippen LogP contribution in [0.5, 0.6) is 0 Å². The molecule has 12 heavy (non-hydrogen) atoms. The lowest BCUT2D eigenvalue weighted by Crippen LogP contribution is -2.06. The van der Waals surface area contributed by atoms with E-state index in [4.69, 9.17) is 0 Å². The van der Waals surface area contributed by atoms with E-state index in [1.54, 1.807) is 16.3 Å². The van der Waals surface area contributed by atoms with E-state index in [-0.39, 0.29) is 8.80 Å². The van der Waals surface area contributed by atoms with Crippen molar-refractivity contribution in [1.82, 2.24) is 0 Å². The summed E-state index contributed by atoms with van der Waals surface area (Å²) >= 11 is 0. The summed E-state index contributed by atoms with van der Waals surface area (Å²) in [6.45, 7) is 13.9. The zero-order chi connectivity index (χ0) is 9.52. The first kappa shape index (κ1) is 9.78. The summed E-state index contributed by atoms with van der Waals surface area (Å²) in [5, 5.41) is 1.64. The van der Waals surface area contributed by atoms with Gasteiger partial charge in [-0.1, -0.05) is 49.4 Å². The molecule has 0 amide bonds. The second-order valence-corrected chi connectivity index (χ2v) is 7.07. The summed E-state index contributed by atoms with van der Waals surface area (Å²) in [4.78, 5) is 0. The lowest BCUT2D eigenvalue weighted by molar-refractivity contribution is 0.588. The predicted molar refractivity (Wildman–Crippen MR) is 57.7 cm³/mol. The number of allylic oxidation sites excluding steroid dienone is 4. The minimum Gasteiger partial charge on any atom is -0.0756 e. The number of rotatable bonds is 1. The fourth-order valence-electron chi connectivity index (χ4n) is 1.78. The molecule has 0 aromatic carbocycles. The molecule has 0 atom stereocenters. The zero-order valence-electron chi connectivity index (χ0n) is 9.08. The van der Waals surface area contributed by atoms with Crippen LogP contribution in [0.3, 0.4) is 0 Å². The van der Waals surface area contributed by atoms with Gasteiger partial charge in [-0.15, -0.1) is 0 Å². The average Bonchev–Trinajstić information content (AvgIpc) is 2.14. The Labute approximate surface area is 78.0 Å². The van der Waals surface area contributed by atoms with Crippen LogP contribution in [0.4, 0.5) is 0 Å². The van der Waals surface area contributed by atoms with Gasteiger partial charge in [-0.05, 0) is 13.8 Å². The quantitative estimate of drug-likeness (QED) is 0.540. The molecular weight excluding hydrogens is 160 g/mol. The van der Waals surface area contributed by atoms with E-state index < -0.39 is 0 Å². The van der Waals surface area contributed by atoms with Crippen LogP contribution in [0.1, 0.15) is 27.7 Å². The first-order valence-electron chi connectivity index (χ1n) is 4.58. The molecule has 0 spiro atoms. The lowest BCUT2D eigenvalue weighted by Gasteiger charge is -2.17. The maximum absolute atomic E-state index is 2.46. The minimum absolute atomic E-state index is 0.261. The topological polar surface area (TPSA) is 0 Å². The van der Waals surface area contributed by atoms with Crippen molar-refractivity contribution in [2.45, 2.75) is 40.8 Å². The molecular formula is C11H19Si. The highest BCUT2D eigenvalue weighted by molar-refractivity contribution is 6.65. The molecule has 0 saturated heterocycles. The van der Waals surface area contributed by atoms with Crippen molar-refractivity contribution in [2.24, 2.45) is 5.41 Å². The van der Waals surface area contributed by atoms with Gasteiger partial charge in [-0.3, -0.25) is 0 Å². The molecule has 0 aromatic heterocycles. The zero-order valence-corrected chi connectivity index (χ0v) is 10.1. The second kappa shape index (κ2) is 2.88. The molecule has 0 aliphatic heterocycles. The van der Waals surface area contributed by atoms with Gasteiger partial charge in [0.25, 0.3) is 0 Å². The van der Waals surface area contributed by atoms with Gasteiger partial charge in [-0.2, -0.15) is 0 Å². The van der Waals surface area contributed by atoms with Gasteiger partial charge in [-0.25, -0.2) is 0 Å². The first-order valence-corrected chi connectivity index (χ1v) is 7.08. The van der Waals surface area contributed by atoms with Crippen LogP contribution in [0.15, 0.2) is 22.4 Å². The molecule has 1 radical (unpaired) electrons. The molecule has 1 aliphatic carbocycles. The Morgan fingerprint density at radius 2 is 1.67 bits per heavy atom. The Kier molecular flexibility index (Phi) is 2.35. The molecule has 0 aromatic rings. The Morgan fingerprint density at radius 1 is 1.17 bits per heavy atom. The van der Waals surface area contributed by atoms with Gasteiger partial charge >= 0.3 is 0 Å². The van der Waals surface area contributed by atoms with E-state index in [0.29, 0.717) is 5.41 Å². The molecule has 67 valence electrons. The SMILES string of the molecule is CC1=C(C)C(C)(C)C=C1[Si](C)C. The summed E-state index contributed by atoms with van der Waals surface area (Å²) in [5.41, 5.74) is 3.43. The van der Waals surface area contributed by atoms with E-state index in [9.17, 15) is 0 Å². The Hall–Kier alpha value is -0.303. The van der Waals surface area contributed by atoms with Crippen LogP contribution < -0.4 is 0 Å². The summed E-state index contributed by atoms with van der Waals surface area (Å²) in [6.07, 6.45) is 2.46. The summed E-state index contributed by atoms with van der Waals surface area (Å²) in [6, 6.07) is 0. The molecule has 0 unspecified atom stereocenters. The van der Waals surface area contributed by atoms with Crippen LogP contribution in [0.25, 0.3) is 0 Å². The van der Waals surface area contributed by atoms with Crippen LogP contribution >= 0.6 is 0 Å². The van der Waals surface area contributed by atoms with E-state index >= 15 is 0 Å². The molecule has 0 bridgehead atoms. The third-order valence-corrected chi connectivity index (χ3v) is 4.57. The molecule has 0 heterocycles. The highest BCUT2D eigenvalue weighted by Crippen LogP contribution is 2.40. The normalized spacial score (nSPS) is 22.1. The van der Waals surface area contributed by atoms with Crippen LogP contribution in [-0.2, 0) is 0 Å². The lowest BCUT2D eigenvalue weighted by atomic mass is 9.88. The molecule has 0 fully saturated rings. The first-order chi connectivity index (χ1) is 5.36. The van der Waals surface area contributed by atoms with Gasteiger partial charge in [0.2, 0.25) is 0 Å². The van der Waals surface area contributed by atoms with Gasteiger partial charge in [0.15, 0.2) is 0 Å². The van der Waals surface area contributed by atoms with Gasteiger partial charge in [0, 0.05) is 5.41 Å². The maximum Gasteiger partial charge on any atom is 0.0791 e. The molecule has 1 heteroatoms. The Balaban J connectivity index is 3.10. The van der Waals surface area contributed by atoms with Crippen molar-refractivity contribution in [1.29, 1.82) is 0 Å². The average molecular weight is 179 g/mol. The van der Waals surface area contributed by atoms with E-state index in [1.165, 1.54) is 0 Å². The summed E-state index contributed by atoms with van der Waals surface area (Å²) < 4.78 is 0. The fourth-order valence-corrected chi connectivity index (χ4v) is 3.37. The van der Waals surface area contributed by atoms with Crippen LogP contribution in [0, 0.1) is 5.41 Å². The number of hydrogen-bond donors (Lipinski definition) is 0. The fraction of sp³-hybridized carbons (Fsp3) is 0.636. The van der Waals surface area contributed by atoms with Gasteiger partial charge in [0.1, 0.15) is 0 Å². The summed E-state index contributed by atoms with van der Waals surface area (Å²) in [5.74, 6) is 0. The van der Waals surface area contributed by atoms with Crippen LogP contribution in [-0.4, -0.2) is 8.80 Å². The Bertz CT molecular complexity index is 254. The largest absolute Gasteiger partial charge is 0.0791 e. The van der Waals surface area contributed by atoms with Crippen LogP contribution in [0.2, 0.25) is 13.1 Å².